The summed E-state index contributed by atoms with van der Waals surface area (Å²) in [7, 11) is 0.167. The standard InChI is InChI=1S/C12H19BO3/c1-8(2)10-5-9(3)6-12(13(14)15)11(10)7-16-4/h5-6,8,14-15H,7H2,1-4H3. The summed E-state index contributed by atoms with van der Waals surface area (Å²) in [5, 5.41) is 18.7. The molecule has 88 valence electrons. The molecule has 0 saturated heterocycles. The van der Waals surface area contributed by atoms with Crippen molar-refractivity contribution in [3.05, 3.63) is 28.8 Å². The van der Waals surface area contributed by atoms with Gasteiger partial charge in [-0.15, -0.1) is 0 Å². The van der Waals surface area contributed by atoms with Crippen molar-refractivity contribution >= 4 is 12.6 Å². The molecule has 4 heteroatoms. The van der Waals surface area contributed by atoms with Crippen LogP contribution in [0.2, 0.25) is 0 Å². The van der Waals surface area contributed by atoms with E-state index in [2.05, 4.69) is 19.9 Å². The molecule has 0 radical (unpaired) electrons. The number of benzene rings is 1. The van der Waals surface area contributed by atoms with Crippen LogP contribution in [0.1, 0.15) is 36.5 Å². The maximum atomic E-state index is 9.36. The Balaban J connectivity index is 3.35. The molecule has 0 spiro atoms. The van der Waals surface area contributed by atoms with Crippen molar-refractivity contribution in [3.8, 4) is 0 Å². The minimum Gasteiger partial charge on any atom is -0.423 e. The van der Waals surface area contributed by atoms with E-state index >= 15 is 0 Å². The van der Waals surface area contributed by atoms with Crippen molar-refractivity contribution < 1.29 is 14.8 Å². The van der Waals surface area contributed by atoms with Gasteiger partial charge in [-0.2, -0.15) is 0 Å². The van der Waals surface area contributed by atoms with Gasteiger partial charge in [-0.1, -0.05) is 31.5 Å². The third-order valence-corrected chi connectivity index (χ3v) is 2.65. The van der Waals surface area contributed by atoms with Crippen LogP contribution in [0.4, 0.5) is 0 Å². The Morgan fingerprint density at radius 2 is 1.94 bits per heavy atom. The van der Waals surface area contributed by atoms with Crippen LogP contribution in [-0.4, -0.2) is 24.3 Å². The highest BCUT2D eigenvalue weighted by atomic mass is 16.5. The van der Waals surface area contributed by atoms with Crippen molar-refractivity contribution in [3.63, 3.8) is 0 Å². The smallest absolute Gasteiger partial charge is 0.423 e. The summed E-state index contributed by atoms with van der Waals surface area (Å²) in [6, 6.07) is 3.87. The van der Waals surface area contributed by atoms with Crippen molar-refractivity contribution in [2.45, 2.75) is 33.3 Å². The molecule has 0 amide bonds. The van der Waals surface area contributed by atoms with Crippen LogP contribution in [0.5, 0.6) is 0 Å². The normalized spacial score (nSPS) is 10.9. The fraction of sp³-hybridized carbons (Fsp3) is 0.500. The summed E-state index contributed by atoms with van der Waals surface area (Å²) in [5.41, 5.74) is 3.58. The number of ether oxygens (including phenoxy) is 1. The molecule has 1 aromatic rings. The van der Waals surface area contributed by atoms with Crippen LogP contribution < -0.4 is 5.46 Å². The molecule has 0 atom stereocenters. The molecule has 1 rings (SSSR count). The number of methoxy groups -OCH3 is 1. The zero-order chi connectivity index (χ0) is 12.3. The van der Waals surface area contributed by atoms with Gasteiger partial charge in [-0.05, 0) is 29.4 Å². The first kappa shape index (κ1) is 13.2. The maximum Gasteiger partial charge on any atom is 0.488 e. The zero-order valence-electron chi connectivity index (χ0n) is 10.3. The van der Waals surface area contributed by atoms with Gasteiger partial charge in [-0.3, -0.25) is 0 Å². The molecule has 0 bridgehead atoms. The molecule has 0 aliphatic carbocycles. The fourth-order valence-electron chi connectivity index (χ4n) is 1.93. The van der Waals surface area contributed by atoms with Crippen LogP contribution in [-0.2, 0) is 11.3 Å². The van der Waals surface area contributed by atoms with Gasteiger partial charge in [0.15, 0.2) is 0 Å². The van der Waals surface area contributed by atoms with Crippen molar-refractivity contribution in [2.75, 3.05) is 7.11 Å². The topological polar surface area (TPSA) is 49.7 Å². The van der Waals surface area contributed by atoms with Crippen LogP contribution in [0.3, 0.4) is 0 Å². The Morgan fingerprint density at radius 3 is 2.38 bits per heavy atom. The molecule has 3 nitrogen and oxygen atoms in total. The van der Waals surface area contributed by atoms with Crippen molar-refractivity contribution in [1.29, 1.82) is 0 Å². The third-order valence-electron chi connectivity index (χ3n) is 2.65. The maximum absolute atomic E-state index is 9.36. The summed E-state index contributed by atoms with van der Waals surface area (Å²) < 4.78 is 5.13. The lowest BCUT2D eigenvalue weighted by Gasteiger charge is -2.18. The van der Waals surface area contributed by atoms with E-state index in [-0.39, 0.29) is 0 Å². The van der Waals surface area contributed by atoms with E-state index in [4.69, 9.17) is 4.74 Å². The molecule has 16 heavy (non-hydrogen) atoms. The second-order valence-corrected chi connectivity index (χ2v) is 4.38. The number of hydrogen-bond donors (Lipinski definition) is 2. The van der Waals surface area contributed by atoms with Gasteiger partial charge in [0.2, 0.25) is 0 Å². The lowest BCUT2D eigenvalue weighted by atomic mass is 9.73. The molecule has 0 aliphatic heterocycles. The van der Waals surface area contributed by atoms with E-state index in [9.17, 15) is 10.0 Å². The summed E-state index contributed by atoms with van der Waals surface area (Å²) in [4.78, 5) is 0. The van der Waals surface area contributed by atoms with E-state index in [0.717, 1.165) is 16.7 Å². The average molecular weight is 222 g/mol. The molecular formula is C12H19BO3. The molecular weight excluding hydrogens is 203 g/mol. The first-order valence-electron chi connectivity index (χ1n) is 5.45. The lowest BCUT2D eigenvalue weighted by Crippen LogP contribution is -2.34. The summed E-state index contributed by atoms with van der Waals surface area (Å²) >= 11 is 0. The minimum atomic E-state index is -1.44. The Kier molecular flexibility index (Phi) is 4.53. The van der Waals surface area contributed by atoms with Gasteiger partial charge in [0.25, 0.3) is 0 Å². The third kappa shape index (κ3) is 2.85. The van der Waals surface area contributed by atoms with Gasteiger partial charge in [0.05, 0.1) is 6.61 Å². The number of aryl methyl sites for hydroxylation is 1. The van der Waals surface area contributed by atoms with Gasteiger partial charge in [-0.25, -0.2) is 0 Å². The largest absolute Gasteiger partial charge is 0.488 e. The second kappa shape index (κ2) is 5.48. The van der Waals surface area contributed by atoms with Gasteiger partial charge in [0, 0.05) is 7.11 Å². The van der Waals surface area contributed by atoms with Crippen LogP contribution >= 0.6 is 0 Å². The van der Waals surface area contributed by atoms with Gasteiger partial charge in [0.1, 0.15) is 0 Å². The highest BCUT2D eigenvalue weighted by molar-refractivity contribution is 6.59. The second-order valence-electron chi connectivity index (χ2n) is 4.38. The molecule has 0 aromatic heterocycles. The molecule has 0 fully saturated rings. The van der Waals surface area contributed by atoms with Crippen LogP contribution in [0, 0.1) is 6.92 Å². The lowest BCUT2D eigenvalue weighted by molar-refractivity contribution is 0.184. The molecule has 0 heterocycles. The minimum absolute atomic E-state index is 0.336. The Bertz CT molecular complexity index is 332. The van der Waals surface area contributed by atoms with E-state index in [1.54, 1.807) is 13.2 Å². The fourth-order valence-corrected chi connectivity index (χ4v) is 1.93. The van der Waals surface area contributed by atoms with E-state index < -0.39 is 7.12 Å². The predicted molar refractivity (Wildman–Crippen MR) is 65.8 cm³/mol. The highest BCUT2D eigenvalue weighted by Gasteiger charge is 2.20. The van der Waals surface area contributed by atoms with E-state index in [1.807, 2.05) is 6.92 Å². The molecule has 0 saturated carbocycles. The summed E-state index contributed by atoms with van der Waals surface area (Å²) in [6.07, 6.45) is 0. The first-order chi connectivity index (χ1) is 7.47. The van der Waals surface area contributed by atoms with Crippen LogP contribution in [0.15, 0.2) is 12.1 Å². The van der Waals surface area contributed by atoms with E-state index in [1.165, 1.54) is 0 Å². The quantitative estimate of drug-likeness (QED) is 0.745. The predicted octanol–water partition coefficient (Wildman–Crippen LogP) is 0.945. The molecule has 1 aromatic carbocycles. The summed E-state index contributed by atoms with van der Waals surface area (Å²) in [6.45, 7) is 6.53. The summed E-state index contributed by atoms with van der Waals surface area (Å²) in [5.74, 6) is 0.336. The van der Waals surface area contributed by atoms with Crippen molar-refractivity contribution in [1.82, 2.24) is 0 Å². The molecule has 2 N–H and O–H groups in total. The van der Waals surface area contributed by atoms with Gasteiger partial charge >= 0.3 is 7.12 Å². The number of hydrogen-bond acceptors (Lipinski definition) is 3. The van der Waals surface area contributed by atoms with Crippen LogP contribution in [0.25, 0.3) is 0 Å². The van der Waals surface area contributed by atoms with Gasteiger partial charge < -0.3 is 14.8 Å². The highest BCUT2D eigenvalue weighted by Crippen LogP contribution is 2.20. The SMILES string of the molecule is COCc1c(B(O)O)cc(C)cc1C(C)C. The molecule has 0 unspecified atom stereocenters. The molecule has 0 aliphatic rings. The Hall–Kier alpha value is -0.835. The van der Waals surface area contributed by atoms with E-state index in [0.29, 0.717) is 18.0 Å². The zero-order valence-corrected chi connectivity index (χ0v) is 10.3. The Labute approximate surface area is 97.2 Å². The average Bonchev–Trinajstić information content (AvgIpc) is 2.19. The van der Waals surface area contributed by atoms with Crippen molar-refractivity contribution in [2.24, 2.45) is 0 Å². The monoisotopic (exact) mass is 222 g/mol. The number of rotatable bonds is 4. The Morgan fingerprint density at radius 1 is 1.31 bits per heavy atom. The first-order valence-corrected chi connectivity index (χ1v) is 5.45.